The van der Waals surface area contributed by atoms with Gasteiger partial charge in [0.15, 0.2) is 0 Å². The van der Waals surface area contributed by atoms with E-state index >= 15 is 0 Å². The molecule has 0 aliphatic carbocycles. The molecule has 0 amide bonds. The highest BCUT2D eigenvalue weighted by molar-refractivity contribution is 7.92. The minimum absolute atomic E-state index is 0.0692. The molecule has 4 rings (SSSR count). The van der Waals surface area contributed by atoms with Gasteiger partial charge in [0.2, 0.25) is 0 Å². The number of ether oxygens (including phenoxy) is 1. The lowest BCUT2D eigenvalue weighted by atomic mass is 10.2. The van der Waals surface area contributed by atoms with E-state index < -0.39 is 14.9 Å². The smallest absolute Gasteiger partial charge is 0.308 e. The number of rotatable bonds is 7. The molecule has 9 nitrogen and oxygen atoms in total. The van der Waals surface area contributed by atoms with E-state index in [0.717, 1.165) is 23.0 Å². The Morgan fingerprint density at radius 1 is 1.12 bits per heavy atom. The Kier molecular flexibility index (Phi) is 6.11. The average molecular weight is 506 g/mol. The summed E-state index contributed by atoms with van der Waals surface area (Å²) in [6.07, 6.45) is 0. The van der Waals surface area contributed by atoms with Gasteiger partial charge in [-0.3, -0.25) is 24.2 Å². The number of hydrogen-bond acceptors (Lipinski definition) is 7. The minimum atomic E-state index is -4.12. The quantitative estimate of drug-likeness (QED) is 0.292. The third kappa shape index (κ3) is 4.70. The number of benzene rings is 3. The van der Waals surface area contributed by atoms with E-state index in [4.69, 9.17) is 16.3 Å². The second-order valence-electron chi connectivity index (χ2n) is 6.96. The molecular weight excluding hydrogens is 490 g/mol. The number of halogens is 1. The maximum absolute atomic E-state index is 13.0. The first kappa shape index (κ1) is 22.8. The van der Waals surface area contributed by atoms with Crippen molar-refractivity contribution in [3.05, 3.63) is 91.0 Å². The number of hydrogen-bond donors (Lipinski definition) is 1. The molecule has 0 atom stereocenters. The Hall–Kier alpha value is -3.41. The van der Waals surface area contributed by atoms with Gasteiger partial charge in [-0.2, -0.15) is 0 Å². The average Bonchev–Trinajstić information content (AvgIpc) is 3.09. The zero-order valence-electron chi connectivity index (χ0n) is 17.0. The van der Waals surface area contributed by atoms with Crippen molar-refractivity contribution < 1.29 is 18.1 Å². The van der Waals surface area contributed by atoms with Crippen molar-refractivity contribution in [1.29, 1.82) is 0 Å². The van der Waals surface area contributed by atoms with E-state index in [1.54, 1.807) is 22.8 Å². The van der Waals surface area contributed by atoms with Crippen molar-refractivity contribution in [2.24, 2.45) is 0 Å². The maximum Gasteiger partial charge on any atom is 0.308 e. The van der Waals surface area contributed by atoms with E-state index in [1.807, 2.05) is 12.1 Å². The third-order valence-corrected chi connectivity index (χ3v) is 7.40. The molecule has 0 radical (unpaired) electrons. The van der Waals surface area contributed by atoms with Crippen LogP contribution < -0.4 is 14.3 Å². The van der Waals surface area contributed by atoms with Crippen LogP contribution in [0.5, 0.6) is 5.75 Å². The monoisotopic (exact) mass is 505 g/mol. The molecule has 4 aromatic rings. The molecule has 0 unspecified atom stereocenters. The first-order valence-electron chi connectivity index (χ1n) is 9.41. The van der Waals surface area contributed by atoms with Gasteiger partial charge in [0.25, 0.3) is 15.7 Å². The lowest BCUT2D eigenvalue weighted by molar-refractivity contribution is -0.384. The Bertz CT molecular complexity index is 1530. The normalized spacial score (nSPS) is 11.5. The van der Waals surface area contributed by atoms with Crippen LogP contribution in [0.1, 0.15) is 5.56 Å². The number of sulfonamides is 1. The summed E-state index contributed by atoms with van der Waals surface area (Å²) in [5.41, 5.74) is 1.10. The molecule has 0 saturated heterocycles. The fourth-order valence-electron chi connectivity index (χ4n) is 3.23. The molecule has 0 spiro atoms. The van der Waals surface area contributed by atoms with Gasteiger partial charge in [-0.25, -0.2) is 8.42 Å². The zero-order valence-corrected chi connectivity index (χ0v) is 19.4. The standard InChI is InChI=1S/C21H16ClN3O6S2/c1-31-19-9-6-15(25(27)28)10-17(19)23-33(29,30)16-7-8-18-20(11-16)32-21(26)24(18)12-13-2-4-14(22)5-3-13/h2-11,23H,12H2,1H3. The highest BCUT2D eigenvalue weighted by Gasteiger charge is 2.21. The fraction of sp³-hybridized carbons (Fsp3) is 0.0952. The van der Waals surface area contributed by atoms with Crippen molar-refractivity contribution >= 4 is 54.6 Å². The van der Waals surface area contributed by atoms with Gasteiger partial charge in [-0.15, -0.1) is 0 Å². The van der Waals surface area contributed by atoms with E-state index in [1.165, 1.54) is 31.4 Å². The molecule has 0 bridgehead atoms. The molecule has 0 fully saturated rings. The van der Waals surface area contributed by atoms with Gasteiger partial charge >= 0.3 is 4.87 Å². The van der Waals surface area contributed by atoms with Crippen molar-refractivity contribution in [2.45, 2.75) is 11.4 Å². The molecule has 3 aromatic carbocycles. The Labute approximate surface area is 197 Å². The number of methoxy groups -OCH3 is 1. The van der Waals surface area contributed by atoms with Gasteiger partial charge in [0.05, 0.1) is 39.4 Å². The van der Waals surface area contributed by atoms with Gasteiger partial charge in [-0.05, 0) is 42.0 Å². The van der Waals surface area contributed by atoms with Crippen LogP contribution in [-0.4, -0.2) is 25.0 Å². The molecule has 1 heterocycles. The number of nitrogens with one attached hydrogen (secondary N) is 1. The van der Waals surface area contributed by atoms with Crippen LogP contribution in [0, 0.1) is 10.1 Å². The SMILES string of the molecule is COc1ccc([N+](=O)[O-])cc1NS(=O)(=O)c1ccc2c(c1)sc(=O)n2Cc1ccc(Cl)cc1. The Morgan fingerprint density at radius 3 is 2.52 bits per heavy atom. The van der Waals surface area contributed by atoms with Gasteiger partial charge in [0, 0.05) is 17.2 Å². The summed E-state index contributed by atoms with van der Waals surface area (Å²) in [5.74, 6) is 0.129. The molecule has 12 heteroatoms. The summed E-state index contributed by atoms with van der Waals surface area (Å²) in [6.45, 7) is 0.311. The summed E-state index contributed by atoms with van der Waals surface area (Å²) in [5, 5.41) is 11.7. The summed E-state index contributed by atoms with van der Waals surface area (Å²) in [4.78, 5) is 22.7. The molecule has 0 saturated carbocycles. The number of thiazole rings is 1. The van der Waals surface area contributed by atoms with E-state index in [-0.39, 0.29) is 26.9 Å². The number of anilines is 1. The molecule has 1 N–H and O–H groups in total. The fourth-order valence-corrected chi connectivity index (χ4v) is 5.45. The van der Waals surface area contributed by atoms with E-state index in [2.05, 4.69) is 4.72 Å². The second kappa shape index (κ2) is 8.85. The Morgan fingerprint density at radius 2 is 1.85 bits per heavy atom. The number of nitro benzene ring substituents is 1. The van der Waals surface area contributed by atoms with Gasteiger partial charge in [0.1, 0.15) is 5.75 Å². The van der Waals surface area contributed by atoms with Gasteiger partial charge in [-0.1, -0.05) is 35.1 Å². The van der Waals surface area contributed by atoms with Crippen LogP contribution in [0.4, 0.5) is 11.4 Å². The zero-order chi connectivity index (χ0) is 23.8. The first-order valence-corrected chi connectivity index (χ1v) is 12.1. The Balaban J connectivity index is 1.69. The van der Waals surface area contributed by atoms with Crippen LogP contribution in [0.15, 0.2) is 70.4 Å². The largest absolute Gasteiger partial charge is 0.495 e. The van der Waals surface area contributed by atoms with Crippen molar-refractivity contribution in [3.8, 4) is 5.75 Å². The summed E-state index contributed by atoms with van der Waals surface area (Å²) >= 11 is 6.84. The molecular formula is C21H16ClN3O6S2. The number of nitro groups is 1. The van der Waals surface area contributed by atoms with Crippen LogP contribution in [0.25, 0.3) is 10.2 Å². The van der Waals surface area contributed by atoms with Crippen molar-refractivity contribution in [1.82, 2.24) is 4.57 Å². The number of nitrogens with zero attached hydrogens (tertiary/aromatic N) is 2. The summed E-state index contributed by atoms with van der Waals surface area (Å²) in [7, 11) is -2.79. The van der Waals surface area contributed by atoms with Gasteiger partial charge < -0.3 is 4.74 Å². The summed E-state index contributed by atoms with van der Waals surface area (Å²) in [6, 6.07) is 15.0. The predicted molar refractivity (Wildman–Crippen MR) is 127 cm³/mol. The van der Waals surface area contributed by atoms with Crippen molar-refractivity contribution in [2.75, 3.05) is 11.8 Å². The lowest BCUT2D eigenvalue weighted by Gasteiger charge is -2.12. The highest BCUT2D eigenvalue weighted by Crippen LogP contribution is 2.31. The van der Waals surface area contributed by atoms with E-state index in [9.17, 15) is 23.3 Å². The highest BCUT2D eigenvalue weighted by atomic mass is 35.5. The predicted octanol–water partition coefficient (Wildman–Crippen LogP) is 4.48. The van der Waals surface area contributed by atoms with Crippen LogP contribution in [0.3, 0.4) is 0 Å². The molecule has 1 aromatic heterocycles. The summed E-state index contributed by atoms with van der Waals surface area (Å²) < 4.78 is 35.4. The van der Waals surface area contributed by atoms with E-state index in [0.29, 0.717) is 21.8 Å². The van der Waals surface area contributed by atoms with Crippen LogP contribution in [0.2, 0.25) is 5.02 Å². The molecule has 0 aliphatic heterocycles. The number of aromatic nitrogens is 1. The maximum atomic E-state index is 13.0. The molecule has 0 aliphatic rings. The number of fused-ring (bicyclic) bond motifs is 1. The van der Waals surface area contributed by atoms with Crippen LogP contribution >= 0.6 is 22.9 Å². The lowest BCUT2D eigenvalue weighted by Crippen LogP contribution is -2.14. The first-order chi connectivity index (χ1) is 15.7. The topological polar surface area (TPSA) is 121 Å². The van der Waals surface area contributed by atoms with Crippen molar-refractivity contribution in [3.63, 3.8) is 0 Å². The molecule has 170 valence electrons. The second-order valence-corrected chi connectivity index (χ2v) is 10.1. The van der Waals surface area contributed by atoms with Crippen LogP contribution in [-0.2, 0) is 16.6 Å². The minimum Gasteiger partial charge on any atom is -0.495 e. The number of non-ortho nitro benzene ring substituents is 1. The molecule has 33 heavy (non-hydrogen) atoms. The third-order valence-electron chi connectivity index (χ3n) is 4.84.